The number of hydrogen-bond acceptors (Lipinski definition) is 6. The zero-order chi connectivity index (χ0) is 21.3. The highest BCUT2D eigenvalue weighted by Crippen LogP contribution is 2.32. The normalized spacial score (nSPS) is 15.4. The number of amides is 1. The number of alkyl halides is 3. The molecule has 1 N–H and O–H groups in total. The van der Waals surface area contributed by atoms with Crippen LogP contribution in [0.4, 0.5) is 24.1 Å². The number of halogens is 3. The molecule has 1 saturated heterocycles. The van der Waals surface area contributed by atoms with Crippen LogP contribution >= 0.6 is 11.3 Å². The van der Waals surface area contributed by atoms with Crippen molar-refractivity contribution in [3.63, 3.8) is 0 Å². The smallest absolute Gasteiger partial charge is 0.417 e. The molecule has 0 saturated carbocycles. The molecule has 10 heteroatoms. The molecule has 30 heavy (non-hydrogen) atoms. The van der Waals surface area contributed by atoms with Crippen molar-refractivity contribution in [2.24, 2.45) is 5.92 Å². The molecule has 4 rings (SSSR count). The van der Waals surface area contributed by atoms with E-state index in [2.05, 4.69) is 15.3 Å². The summed E-state index contributed by atoms with van der Waals surface area (Å²) in [5.74, 6) is 0.938. The largest absolute Gasteiger partial charge is 0.497 e. The minimum atomic E-state index is -4.40. The molecule has 1 aromatic carbocycles. The molecule has 0 spiro atoms. The Hall–Kier alpha value is -2.88. The molecule has 1 amide bonds. The minimum Gasteiger partial charge on any atom is -0.497 e. The van der Waals surface area contributed by atoms with E-state index in [1.807, 2.05) is 23.1 Å². The van der Waals surface area contributed by atoms with Crippen LogP contribution in [0.1, 0.15) is 18.4 Å². The highest BCUT2D eigenvalue weighted by molar-refractivity contribution is 7.22. The topological polar surface area (TPSA) is 67.3 Å². The van der Waals surface area contributed by atoms with Crippen LogP contribution in [-0.2, 0) is 11.0 Å². The second kappa shape index (κ2) is 8.10. The lowest BCUT2D eigenvalue weighted by Gasteiger charge is -2.32. The molecule has 0 radical (unpaired) electrons. The van der Waals surface area contributed by atoms with Gasteiger partial charge in [0.1, 0.15) is 11.6 Å². The van der Waals surface area contributed by atoms with E-state index in [4.69, 9.17) is 4.74 Å². The van der Waals surface area contributed by atoms with Gasteiger partial charge in [-0.1, -0.05) is 11.3 Å². The third-order valence-corrected chi connectivity index (χ3v) is 6.02. The van der Waals surface area contributed by atoms with Crippen molar-refractivity contribution < 1.29 is 22.7 Å². The number of pyridine rings is 1. The van der Waals surface area contributed by atoms with Crippen molar-refractivity contribution in [1.82, 2.24) is 9.97 Å². The second-order valence-corrected chi connectivity index (χ2v) is 8.04. The summed E-state index contributed by atoms with van der Waals surface area (Å²) in [5, 5.41) is 3.42. The second-order valence-electron chi connectivity index (χ2n) is 7.01. The van der Waals surface area contributed by atoms with Crippen molar-refractivity contribution in [1.29, 1.82) is 0 Å². The number of rotatable bonds is 4. The number of nitrogens with zero attached hydrogens (tertiary/aromatic N) is 3. The van der Waals surface area contributed by atoms with E-state index >= 15 is 0 Å². The Balaban J connectivity index is 1.35. The van der Waals surface area contributed by atoms with Gasteiger partial charge in [-0.05, 0) is 43.2 Å². The fourth-order valence-electron chi connectivity index (χ4n) is 3.40. The summed E-state index contributed by atoms with van der Waals surface area (Å²) in [6.45, 7) is 1.10. The third kappa shape index (κ3) is 4.33. The Morgan fingerprint density at radius 1 is 1.23 bits per heavy atom. The molecule has 158 valence electrons. The summed E-state index contributed by atoms with van der Waals surface area (Å²) in [4.78, 5) is 22.9. The Labute approximate surface area is 174 Å². The molecule has 1 fully saturated rings. The lowest BCUT2D eigenvalue weighted by Crippen LogP contribution is -2.38. The van der Waals surface area contributed by atoms with Gasteiger partial charge in [0.15, 0.2) is 5.13 Å². The first-order valence-corrected chi connectivity index (χ1v) is 10.2. The zero-order valence-electron chi connectivity index (χ0n) is 16.1. The number of carbonyl (C=O) groups excluding carboxylic acids is 1. The standard InChI is InChI=1S/C20H19F3N4O2S/c1-29-14-3-4-15-16(10-14)30-19(25-15)26-18(28)12-6-8-27(9-7-12)17-5-2-13(11-24-17)20(21,22)23/h2-5,10-12H,6-9H2,1H3,(H,25,26,28). The molecule has 3 aromatic rings. The molecule has 1 aliphatic rings. The summed E-state index contributed by atoms with van der Waals surface area (Å²) < 4.78 is 44.2. The maximum Gasteiger partial charge on any atom is 0.417 e. The van der Waals surface area contributed by atoms with Crippen molar-refractivity contribution in [2.75, 3.05) is 30.4 Å². The van der Waals surface area contributed by atoms with Gasteiger partial charge in [0.2, 0.25) is 5.91 Å². The number of carbonyl (C=O) groups is 1. The number of methoxy groups -OCH3 is 1. The van der Waals surface area contributed by atoms with Crippen molar-refractivity contribution in [3.8, 4) is 5.75 Å². The van der Waals surface area contributed by atoms with Crippen LogP contribution < -0.4 is 15.0 Å². The van der Waals surface area contributed by atoms with E-state index in [0.29, 0.717) is 36.9 Å². The Kier molecular flexibility index (Phi) is 5.50. The fraction of sp³-hybridized carbons (Fsp3) is 0.350. The molecule has 6 nitrogen and oxygen atoms in total. The lowest BCUT2D eigenvalue weighted by atomic mass is 9.96. The number of hydrogen-bond donors (Lipinski definition) is 1. The van der Waals surface area contributed by atoms with E-state index in [9.17, 15) is 18.0 Å². The predicted octanol–water partition coefficient (Wildman–Crippen LogP) is 4.57. The van der Waals surface area contributed by atoms with Gasteiger partial charge in [-0.25, -0.2) is 9.97 Å². The van der Waals surface area contributed by atoms with Crippen LogP contribution in [0.2, 0.25) is 0 Å². The highest BCUT2D eigenvalue weighted by Gasteiger charge is 2.31. The summed E-state index contributed by atoms with van der Waals surface area (Å²) in [7, 11) is 1.59. The zero-order valence-corrected chi connectivity index (χ0v) is 16.9. The summed E-state index contributed by atoms with van der Waals surface area (Å²) in [6.07, 6.45) is -2.38. The first kappa shape index (κ1) is 20.4. The molecular weight excluding hydrogens is 417 g/mol. The van der Waals surface area contributed by atoms with Crippen LogP contribution in [0, 0.1) is 5.92 Å². The minimum absolute atomic E-state index is 0.0963. The summed E-state index contributed by atoms with van der Waals surface area (Å²) in [6, 6.07) is 7.94. The number of nitrogens with one attached hydrogen (secondary N) is 1. The molecule has 2 aromatic heterocycles. The molecule has 0 bridgehead atoms. The third-order valence-electron chi connectivity index (χ3n) is 5.09. The van der Waals surface area contributed by atoms with Crippen molar-refractivity contribution >= 4 is 38.4 Å². The van der Waals surface area contributed by atoms with Gasteiger partial charge in [-0.3, -0.25) is 4.79 Å². The van der Waals surface area contributed by atoms with Crippen molar-refractivity contribution in [2.45, 2.75) is 19.0 Å². The van der Waals surface area contributed by atoms with E-state index in [-0.39, 0.29) is 11.8 Å². The number of ether oxygens (including phenoxy) is 1. The highest BCUT2D eigenvalue weighted by atomic mass is 32.1. The SMILES string of the molecule is COc1ccc2nc(NC(=O)C3CCN(c4ccc(C(F)(F)F)cn4)CC3)sc2c1. The Morgan fingerprint density at radius 3 is 2.63 bits per heavy atom. The quantitative estimate of drug-likeness (QED) is 0.649. The number of piperidine rings is 1. The van der Waals surface area contributed by atoms with Crippen molar-refractivity contribution in [3.05, 3.63) is 42.1 Å². The Morgan fingerprint density at radius 2 is 2.00 bits per heavy atom. The first-order chi connectivity index (χ1) is 14.3. The monoisotopic (exact) mass is 436 g/mol. The Bertz CT molecular complexity index is 1040. The maximum atomic E-state index is 12.7. The van der Waals surface area contributed by atoms with E-state index in [1.54, 1.807) is 7.11 Å². The fourth-order valence-corrected chi connectivity index (χ4v) is 4.30. The van der Waals surface area contributed by atoms with Crippen LogP contribution in [0.3, 0.4) is 0 Å². The number of benzene rings is 1. The van der Waals surface area contributed by atoms with Gasteiger partial charge >= 0.3 is 6.18 Å². The molecule has 3 heterocycles. The van der Waals surface area contributed by atoms with Gasteiger partial charge in [0, 0.05) is 25.2 Å². The predicted molar refractivity (Wildman–Crippen MR) is 109 cm³/mol. The van der Waals surface area contributed by atoms with E-state index < -0.39 is 11.7 Å². The van der Waals surface area contributed by atoms with Crippen LogP contribution in [-0.4, -0.2) is 36.1 Å². The lowest BCUT2D eigenvalue weighted by molar-refractivity contribution is -0.137. The number of aromatic nitrogens is 2. The molecule has 1 aliphatic heterocycles. The van der Waals surface area contributed by atoms with Gasteiger partial charge < -0.3 is 15.0 Å². The summed E-state index contributed by atoms with van der Waals surface area (Å²) in [5.41, 5.74) is 0.0215. The maximum absolute atomic E-state index is 12.7. The molecule has 0 unspecified atom stereocenters. The van der Waals surface area contributed by atoms with Gasteiger partial charge in [0.05, 0.1) is 22.9 Å². The number of anilines is 2. The average Bonchev–Trinajstić information content (AvgIpc) is 3.14. The molecular formula is C20H19F3N4O2S. The molecule has 0 aliphatic carbocycles. The first-order valence-electron chi connectivity index (χ1n) is 9.37. The average molecular weight is 436 g/mol. The number of fused-ring (bicyclic) bond motifs is 1. The van der Waals surface area contributed by atoms with Gasteiger partial charge in [-0.15, -0.1) is 0 Å². The number of thiazole rings is 1. The summed E-state index contributed by atoms with van der Waals surface area (Å²) >= 11 is 1.38. The van der Waals surface area contributed by atoms with Crippen LogP contribution in [0.5, 0.6) is 5.75 Å². The van der Waals surface area contributed by atoms with Crippen LogP contribution in [0.25, 0.3) is 10.2 Å². The van der Waals surface area contributed by atoms with E-state index in [1.165, 1.54) is 17.4 Å². The van der Waals surface area contributed by atoms with E-state index in [0.717, 1.165) is 28.2 Å². The van der Waals surface area contributed by atoms with Gasteiger partial charge in [-0.2, -0.15) is 13.2 Å². The van der Waals surface area contributed by atoms with Gasteiger partial charge in [0.25, 0.3) is 0 Å². The van der Waals surface area contributed by atoms with Crippen LogP contribution in [0.15, 0.2) is 36.5 Å². The molecule has 0 atom stereocenters.